The Labute approximate surface area is 82.5 Å². The molecule has 3 nitrogen and oxygen atoms in total. The monoisotopic (exact) mass is 200 g/mol. The third-order valence-electron chi connectivity index (χ3n) is 1.69. The molecular formula is C9H13ClN2O. The maximum absolute atomic E-state index is 9.41. The zero-order chi connectivity index (χ0) is 9.68. The topological polar surface area (TPSA) is 58.3 Å². The van der Waals surface area contributed by atoms with Crippen LogP contribution in [0.4, 0.5) is 5.69 Å². The van der Waals surface area contributed by atoms with Crippen molar-refractivity contribution in [3.63, 3.8) is 0 Å². The third kappa shape index (κ3) is 3.13. The predicted octanol–water partition coefficient (Wildman–Crippen LogP) is 1.30. The van der Waals surface area contributed by atoms with Crippen molar-refractivity contribution in [2.45, 2.75) is 6.54 Å². The van der Waals surface area contributed by atoms with Crippen LogP contribution in [0, 0.1) is 0 Å². The molecule has 0 saturated carbocycles. The first-order chi connectivity index (χ1) is 6.24. The summed E-state index contributed by atoms with van der Waals surface area (Å²) < 4.78 is 0. The van der Waals surface area contributed by atoms with Crippen molar-refractivity contribution < 1.29 is 5.11 Å². The maximum atomic E-state index is 9.41. The van der Waals surface area contributed by atoms with E-state index in [4.69, 9.17) is 17.3 Å². The normalized spacial score (nSPS) is 10.2. The van der Waals surface area contributed by atoms with Crippen LogP contribution in [-0.4, -0.2) is 17.5 Å². The number of halogens is 1. The Balaban J connectivity index is 2.59. The fraction of sp³-hybridized carbons (Fsp3) is 0.333. The van der Waals surface area contributed by atoms with E-state index < -0.39 is 0 Å². The Bertz CT molecular complexity index is 278. The van der Waals surface area contributed by atoms with E-state index in [1.54, 1.807) is 18.2 Å². The summed E-state index contributed by atoms with van der Waals surface area (Å²) in [5, 5.41) is 12.5. The number of alkyl halides is 1. The molecule has 0 fully saturated rings. The molecule has 0 heterocycles. The first-order valence-corrected chi connectivity index (χ1v) is 4.61. The molecule has 0 aromatic heterocycles. The summed E-state index contributed by atoms with van der Waals surface area (Å²) in [6.45, 7) is 1.30. The van der Waals surface area contributed by atoms with Gasteiger partial charge in [0.25, 0.3) is 0 Å². The van der Waals surface area contributed by atoms with E-state index in [0.29, 0.717) is 18.1 Å². The molecule has 0 aliphatic rings. The second-order valence-electron chi connectivity index (χ2n) is 2.75. The number of benzene rings is 1. The highest BCUT2D eigenvalue weighted by atomic mass is 35.5. The Morgan fingerprint density at radius 1 is 1.46 bits per heavy atom. The van der Waals surface area contributed by atoms with Crippen molar-refractivity contribution in [3.8, 4) is 5.75 Å². The molecule has 0 spiro atoms. The zero-order valence-electron chi connectivity index (χ0n) is 7.26. The number of hydrogen-bond acceptors (Lipinski definition) is 3. The van der Waals surface area contributed by atoms with Gasteiger partial charge in [0, 0.05) is 30.2 Å². The molecule has 13 heavy (non-hydrogen) atoms. The number of phenolic OH excluding ortho intramolecular Hbond substituents is 1. The summed E-state index contributed by atoms with van der Waals surface area (Å²) >= 11 is 5.49. The lowest BCUT2D eigenvalue weighted by molar-refractivity contribution is 0.465. The van der Waals surface area contributed by atoms with Crippen LogP contribution in [0.25, 0.3) is 0 Å². The average Bonchev–Trinajstić information content (AvgIpc) is 2.11. The molecule has 1 rings (SSSR count). The molecular weight excluding hydrogens is 188 g/mol. The van der Waals surface area contributed by atoms with Gasteiger partial charge >= 0.3 is 0 Å². The van der Waals surface area contributed by atoms with Gasteiger partial charge in [-0.25, -0.2) is 0 Å². The Morgan fingerprint density at radius 2 is 2.23 bits per heavy atom. The van der Waals surface area contributed by atoms with Crippen LogP contribution in [0.2, 0.25) is 0 Å². The fourth-order valence-corrected chi connectivity index (χ4v) is 1.17. The Hall–Kier alpha value is -0.930. The van der Waals surface area contributed by atoms with Crippen molar-refractivity contribution >= 4 is 17.3 Å². The molecule has 0 aliphatic carbocycles. The van der Waals surface area contributed by atoms with E-state index in [0.717, 1.165) is 12.1 Å². The van der Waals surface area contributed by atoms with Crippen molar-refractivity contribution in [2.75, 3.05) is 18.2 Å². The van der Waals surface area contributed by atoms with Gasteiger partial charge in [0.05, 0.1) is 0 Å². The van der Waals surface area contributed by atoms with E-state index in [1.165, 1.54) is 0 Å². The predicted molar refractivity (Wildman–Crippen MR) is 54.9 cm³/mol. The highest BCUT2D eigenvalue weighted by Gasteiger charge is 1.99. The molecule has 72 valence electrons. The maximum Gasteiger partial charge on any atom is 0.120 e. The summed E-state index contributed by atoms with van der Waals surface area (Å²) in [5.41, 5.74) is 7.02. The van der Waals surface area contributed by atoms with Crippen LogP contribution in [0.3, 0.4) is 0 Å². The second-order valence-corrected chi connectivity index (χ2v) is 3.13. The molecule has 0 radical (unpaired) electrons. The number of nitrogens with one attached hydrogen (secondary N) is 1. The van der Waals surface area contributed by atoms with Crippen molar-refractivity contribution in [3.05, 3.63) is 23.8 Å². The lowest BCUT2D eigenvalue weighted by atomic mass is 10.2. The molecule has 0 saturated heterocycles. The Morgan fingerprint density at radius 3 is 2.92 bits per heavy atom. The molecule has 1 aromatic carbocycles. The zero-order valence-corrected chi connectivity index (χ0v) is 8.01. The van der Waals surface area contributed by atoms with Gasteiger partial charge in [-0.3, -0.25) is 0 Å². The van der Waals surface area contributed by atoms with Crippen LogP contribution >= 0.6 is 11.6 Å². The van der Waals surface area contributed by atoms with Crippen LogP contribution in [0.1, 0.15) is 5.56 Å². The number of aromatic hydroxyl groups is 1. The van der Waals surface area contributed by atoms with E-state index in [1.807, 2.05) is 0 Å². The first kappa shape index (κ1) is 10.2. The minimum absolute atomic E-state index is 0.260. The largest absolute Gasteiger partial charge is 0.508 e. The molecule has 4 heteroatoms. The van der Waals surface area contributed by atoms with E-state index >= 15 is 0 Å². The van der Waals surface area contributed by atoms with Gasteiger partial charge in [-0.05, 0) is 18.2 Å². The van der Waals surface area contributed by atoms with Gasteiger partial charge in [-0.15, -0.1) is 11.6 Å². The summed E-state index contributed by atoms with van der Waals surface area (Å²) in [6, 6.07) is 5.00. The number of nitrogens with two attached hydrogens (primary N) is 1. The molecule has 4 N–H and O–H groups in total. The van der Waals surface area contributed by atoms with Crippen molar-refractivity contribution in [1.29, 1.82) is 0 Å². The molecule has 0 bridgehead atoms. The van der Waals surface area contributed by atoms with Gasteiger partial charge in [0.15, 0.2) is 0 Å². The minimum Gasteiger partial charge on any atom is -0.508 e. The highest BCUT2D eigenvalue weighted by molar-refractivity contribution is 6.18. The van der Waals surface area contributed by atoms with Crippen LogP contribution < -0.4 is 11.1 Å². The summed E-state index contributed by atoms with van der Waals surface area (Å²) in [5.74, 6) is 0.819. The summed E-state index contributed by atoms with van der Waals surface area (Å²) in [4.78, 5) is 0. The van der Waals surface area contributed by atoms with Crippen LogP contribution in [-0.2, 0) is 6.54 Å². The van der Waals surface area contributed by atoms with Gasteiger partial charge in [0.2, 0.25) is 0 Å². The number of anilines is 1. The molecule has 0 aliphatic heterocycles. The van der Waals surface area contributed by atoms with E-state index in [-0.39, 0.29) is 5.75 Å². The summed E-state index contributed by atoms with van der Waals surface area (Å²) in [7, 11) is 0. The molecule has 0 unspecified atom stereocenters. The number of nitrogen functional groups attached to an aromatic ring is 1. The van der Waals surface area contributed by atoms with Crippen LogP contribution in [0.5, 0.6) is 5.75 Å². The number of phenols is 1. The van der Waals surface area contributed by atoms with E-state index in [9.17, 15) is 5.11 Å². The highest BCUT2D eigenvalue weighted by Crippen LogP contribution is 2.19. The Kier molecular flexibility index (Phi) is 3.86. The van der Waals surface area contributed by atoms with Gasteiger partial charge < -0.3 is 16.2 Å². The first-order valence-electron chi connectivity index (χ1n) is 4.08. The fourth-order valence-electron chi connectivity index (χ4n) is 1.04. The SMILES string of the molecule is Nc1ccc(O)c(CNCCCl)c1. The van der Waals surface area contributed by atoms with Crippen molar-refractivity contribution in [2.24, 2.45) is 0 Å². The van der Waals surface area contributed by atoms with Crippen molar-refractivity contribution in [1.82, 2.24) is 5.32 Å². The van der Waals surface area contributed by atoms with Gasteiger partial charge in [0.1, 0.15) is 5.75 Å². The van der Waals surface area contributed by atoms with Crippen LogP contribution in [0.15, 0.2) is 18.2 Å². The lowest BCUT2D eigenvalue weighted by Crippen LogP contribution is -2.15. The quantitative estimate of drug-likeness (QED) is 0.297. The molecule has 0 atom stereocenters. The van der Waals surface area contributed by atoms with E-state index in [2.05, 4.69) is 5.32 Å². The lowest BCUT2D eigenvalue weighted by Gasteiger charge is -2.06. The van der Waals surface area contributed by atoms with Gasteiger partial charge in [-0.2, -0.15) is 0 Å². The summed E-state index contributed by atoms with van der Waals surface area (Å²) in [6.07, 6.45) is 0. The third-order valence-corrected chi connectivity index (χ3v) is 1.88. The molecule has 0 amide bonds. The smallest absolute Gasteiger partial charge is 0.120 e. The molecule has 1 aromatic rings. The standard InChI is InChI=1S/C9H13ClN2O/c10-3-4-12-6-7-5-8(11)1-2-9(7)13/h1-2,5,12-13H,3-4,6,11H2. The minimum atomic E-state index is 0.260. The second kappa shape index (κ2) is 4.94. The average molecular weight is 201 g/mol. The number of rotatable bonds is 4. The number of hydrogen-bond donors (Lipinski definition) is 3. The van der Waals surface area contributed by atoms with Gasteiger partial charge in [-0.1, -0.05) is 0 Å².